The van der Waals surface area contributed by atoms with Crippen LogP contribution in [0.15, 0.2) is 29.1 Å². The van der Waals surface area contributed by atoms with Crippen molar-refractivity contribution in [3.63, 3.8) is 0 Å². The van der Waals surface area contributed by atoms with E-state index in [4.69, 9.17) is 0 Å². The largest absolute Gasteiger partial charge is 0.274 e. The van der Waals surface area contributed by atoms with Crippen molar-refractivity contribution in [2.75, 3.05) is 0 Å². The first-order valence-corrected chi connectivity index (χ1v) is 9.18. The summed E-state index contributed by atoms with van der Waals surface area (Å²) in [7, 11) is 0. The summed E-state index contributed by atoms with van der Waals surface area (Å²) >= 11 is 1.46. The molecule has 0 aliphatic heterocycles. The fourth-order valence-electron chi connectivity index (χ4n) is 3.20. The second-order valence-corrected chi connectivity index (χ2v) is 7.87. The Morgan fingerprint density at radius 3 is 2.28 bits per heavy atom. The monoisotopic (exact) mass is 348 g/mol. The van der Waals surface area contributed by atoms with Crippen LogP contribution in [0.4, 0.5) is 0 Å². The van der Waals surface area contributed by atoms with E-state index in [1.54, 1.807) is 4.40 Å². The van der Waals surface area contributed by atoms with Gasteiger partial charge in [0, 0.05) is 0 Å². The number of hydrogen-bond acceptors (Lipinski definition) is 3. The molecule has 4 rings (SSSR count). The van der Waals surface area contributed by atoms with Crippen molar-refractivity contribution in [3.8, 4) is 0 Å². The van der Waals surface area contributed by atoms with Crippen LogP contribution in [0.5, 0.6) is 0 Å². The van der Waals surface area contributed by atoms with E-state index in [0.717, 1.165) is 26.1 Å². The Hall–Kier alpha value is -2.46. The van der Waals surface area contributed by atoms with Crippen molar-refractivity contribution in [1.82, 2.24) is 9.38 Å². The molecule has 0 saturated carbocycles. The lowest BCUT2D eigenvalue weighted by molar-refractivity contribution is 1.18. The molecule has 0 radical (unpaired) electrons. The van der Waals surface area contributed by atoms with Gasteiger partial charge in [-0.3, -0.25) is 4.79 Å². The Bertz CT molecular complexity index is 1260. The van der Waals surface area contributed by atoms with Gasteiger partial charge >= 0.3 is 0 Å². The smallest absolute Gasteiger partial charge is 0.267 e. The molecule has 0 fully saturated rings. The lowest BCUT2D eigenvalue weighted by Crippen LogP contribution is -2.22. The molecule has 2 heterocycles. The predicted octanol–water partition coefficient (Wildman–Crippen LogP) is 4.00. The zero-order chi connectivity index (χ0) is 17.9. The van der Waals surface area contributed by atoms with Gasteiger partial charge in [0.05, 0.1) is 15.6 Å². The van der Waals surface area contributed by atoms with Crippen molar-refractivity contribution in [2.24, 2.45) is 0 Å². The summed E-state index contributed by atoms with van der Waals surface area (Å²) in [6.07, 6.45) is 2.00. The minimum absolute atomic E-state index is 0.0170. The predicted molar refractivity (Wildman–Crippen MR) is 106 cm³/mol. The summed E-state index contributed by atoms with van der Waals surface area (Å²) < 4.78 is 2.48. The van der Waals surface area contributed by atoms with Gasteiger partial charge in [0.1, 0.15) is 0 Å². The molecule has 4 heteroatoms. The fourth-order valence-corrected chi connectivity index (χ4v) is 4.18. The molecular formula is C21H20N2OS. The van der Waals surface area contributed by atoms with E-state index in [1.165, 1.54) is 39.2 Å². The molecule has 0 bridgehead atoms. The molecule has 2 aromatic heterocycles. The molecule has 0 spiro atoms. The summed E-state index contributed by atoms with van der Waals surface area (Å²) in [5, 5.41) is 0. The van der Waals surface area contributed by atoms with E-state index in [-0.39, 0.29) is 5.56 Å². The number of hydrogen-bond donors (Lipinski definition) is 0. The summed E-state index contributed by atoms with van der Waals surface area (Å²) in [6.45, 7) is 10.4. The molecule has 0 atom stereocenters. The van der Waals surface area contributed by atoms with Crippen LogP contribution in [0.2, 0.25) is 0 Å². The minimum atomic E-state index is 0.0170. The third kappa shape index (κ3) is 2.48. The average Bonchev–Trinajstić information content (AvgIpc) is 3.03. The highest BCUT2D eigenvalue weighted by Crippen LogP contribution is 2.21. The van der Waals surface area contributed by atoms with Crippen LogP contribution < -0.4 is 10.1 Å². The Balaban J connectivity index is 2.01. The topological polar surface area (TPSA) is 34.4 Å². The van der Waals surface area contributed by atoms with Gasteiger partial charge in [0.2, 0.25) is 0 Å². The zero-order valence-corrected chi connectivity index (χ0v) is 15.9. The van der Waals surface area contributed by atoms with Crippen LogP contribution in [0.1, 0.15) is 33.4 Å². The maximum absolute atomic E-state index is 13.0. The van der Waals surface area contributed by atoms with E-state index in [0.29, 0.717) is 0 Å². The maximum Gasteiger partial charge on any atom is 0.274 e. The van der Waals surface area contributed by atoms with Gasteiger partial charge in [0.25, 0.3) is 5.56 Å². The summed E-state index contributed by atoms with van der Waals surface area (Å²) in [4.78, 5) is 18.4. The SMILES string of the molecule is Cc1cc(C)c(C=c2sc3nc4cc(C)c(C)cc4n3c2=O)cc1C. The van der Waals surface area contributed by atoms with Crippen molar-refractivity contribution in [3.05, 3.63) is 72.5 Å². The number of imidazole rings is 1. The highest BCUT2D eigenvalue weighted by molar-refractivity contribution is 7.15. The molecule has 0 N–H and O–H groups in total. The van der Waals surface area contributed by atoms with Gasteiger partial charge in [-0.1, -0.05) is 23.5 Å². The Labute approximate surface area is 150 Å². The Morgan fingerprint density at radius 1 is 0.880 bits per heavy atom. The number of fused-ring (bicyclic) bond motifs is 3. The lowest BCUT2D eigenvalue weighted by Gasteiger charge is -2.05. The number of benzene rings is 2. The van der Waals surface area contributed by atoms with E-state index in [2.05, 4.69) is 63.9 Å². The van der Waals surface area contributed by atoms with Gasteiger partial charge in [-0.15, -0.1) is 0 Å². The number of rotatable bonds is 1. The van der Waals surface area contributed by atoms with Crippen molar-refractivity contribution in [2.45, 2.75) is 34.6 Å². The molecular weight excluding hydrogens is 328 g/mol. The molecule has 0 amide bonds. The third-order valence-corrected chi connectivity index (χ3v) is 5.99. The van der Waals surface area contributed by atoms with Crippen molar-refractivity contribution < 1.29 is 0 Å². The van der Waals surface area contributed by atoms with Crippen LogP contribution in [-0.4, -0.2) is 9.38 Å². The quantitative estimate of drug-likeness (QED) is 0.521. The summed E-state index contributed by atoms with van der Waals surface area (Å²) in [6, 6.07) is 8.44. The summed E-state index contributed by atoms with van der Waals surface area (Å²) in [5.74, 6) is 0. The highest BCUT2D eigenvalue weighted by atomic mass is 32.1. The second-order valence-electron chi connectivity index (χ2n) is 6.86. The molecule has 2 aromatic carbocycles. The third-order valence-electron chi connectivity index (χ3n) is 5.02. The Kier molecular flexibility index (Phi) is 3.55. The maximum atomic E-state index is 13.0. The van der Waals surface area contributed by atoms with Crippen molar-refractivity contribution in [1.29, 1.82) is 0 Å². The molecule has 3 nitrogen and oxygen atoms in total. The van der Waals surface area contributed by atoms with Gasteiger partial charge < -0.3 is 0 Å². The molecule has 0 aliphatic rings. The fraction of sp³-hybridized carbons (Fsp3) is 0.238. The lowest BCUT2D eigenvalue weighted by atomic mass is 10.0. The van der Waals surface area contributed by atoms with Crippen LogP contribution in [0.25, 0.3) is 22.1 Å². The molecule has 0 aliphatic carbocycles. The van der Waals surface area contributed by atoms with E-state index in [1.807, 2.05) is 6.08 Å². The van der Waals surface area contributed by atoms with Crippen LogP contribution in [0, 0.1) is 34.6 Å². The second kappa shape index (κ2) is 5.53. The zero-order valence-electron chi connectivity index (χ0n) is 15.1. The molecule has 126 valence electrons. The highest BCUT2D eigenvalue weighted by Gasteiger charge is 2.12. The van der Waals surface area contributed by atoms with Crippen molar-refractivity contribution >= 4 is 33.4 Å². The molecule has 0 unspecified atom stereocenters. The summed E-state index contributed by atoms with van der Waals surface area (Å²) in [5.41, 5.74) is 8.97. The molecule has 25 heavy (non-hydrogen) atoms. The van der Waals surface area contributed by atoms with Crippen LogP contribution >= 0.6 is 11.3 Å². The average molecular weight is 348 g/mol. The van der Waals surface area contributed by atoms with E-state index < -0.39 is 0 Å². The van der Waals surface area contributed by atoms with Crippen LogP contribution in [0.3, 0.4) is 0 Å². The number of aromatic nitrogens is 2. The van der Waals surface area contributed by atoms with E-state index in [9.17, 15) is 4.79 Å². The molecule has 4 aromatic rings. The van der Waals surface area contributed by atoms with Crippen LogP contribution in [-0.2, 0) is 0 Å². The first-order chi connectivity index (χ1) is 11.8. The van der Waals surface area contributed by atoms with E-state index >= 15 is 0 Å². The normalized spacial score (nSPS) is 12.6. The standard InChI is InChI=1S/C21H20N2OS/c1-11-6-15(5)16(7-12(11)2)10-19-20(24)23-18-9-14(4)13(3)8-17(18)22-21(23)25-19/h6-10H,1-5H3. The Morgan fingerprint density at radius 2 is 1.52 bits per heavy atom. The van der Waals surface area contributed by atoms with Gasteiger partial charge in [-0.2, -0.15) is 0 Å². The van der Waals surface area contributed by atoms with Gasteiger partial charge in [0.15, 0.2) is 4.96 Å². The minimum Gasteiger partial charge on any atom is -0.267 e. The number of nitrogens with zero attached hydrogens (tertiary/aromatic N) is 2. The number of thiazole rings is 1. The first kappa shape index (κ1) is 16.0. The van der Waals surface area contributed by atoms with Gasteiger partial charge in [-0.25, -0.2) is 9.38 Å². The number of aryl methyl sites for hydroxylation is 5. The molecule has 0 saturated heterocycles. The first-order valence-electron chi connectivity index (χ1n) is 8.37. The van der Waals surface area contributed by atoms with Gasteiger partial charge in [-0.05, 0) is 86.2 Å².